The third-order valence-corrected chi connectivity index (χ3v) is 5.80. The molecule has 0 saturated heterocycles. The van der Waals surface area contributed by atoms with Crippen LogP contribution in [0.15, 0.2) is 29.2 Å². The highest BCUT2D eigenvalue weighted by Crippen LogP contribution is 2.43. The zero-order valence-corrected chi connectivity index (χ0v) is 18.5. The van der Waals surface area contributed by atoms with Crippen LogP contribution < -0.4 is 10.2 Å². The van der Waals surface area contributed by atoms with E-state index < -0.39 is 22.8 Å². The molecule has 8 nitrogen and oxygen atoms in total. The third-order valence-electron chi connectivity index (χ3n) is 5.80. The highest BCUT2D eigenvalue weighted by molar-refractivity contribution is 5.97. The first-order valence-corrected chi connectivity index (χ1v) is 10.4. The zero-order valence-electron chi connectivity index (χ0n) is 18.5. The molecular weight excluding hydrogens is 417 g/mol. The molecule has 0 fully saturated rings. The van der Waals surface area contributed by atoms with Gasteiger partial charge in [-0.25, -0.2) is 9.18 Å². The van der Waals surface area contributed by atoms with Gasteiger partial charge in [0.1, 0.15) is 22.5 Å². The van der Waals surface area contributed by atoms with E-state index in [9.17, 15) is 14.7 Å². The van der Waals surface area contributed by atoms with Crippen LogP contribution in [0.4, 0.5) is 4.39 Å². The summed E-state index contributed by atoms with van der Waals surface area (Å²) >= 11 is 0. The van der Waals surface area contributed by atoms with Gasteiger partial charge in [0.15, 0.2) is 5.82 Å². The van der Waals surface area contributed by atoms with E-state index in [4.69, 9.17) is 14.6 Å². The number of carbonyl (C=O) groups is 1. The maximum Gasteiger partial charge on any atom is 0.341 e. The van der Waals surface area contributed by atoms with Crippen molar-refractivity contribution in [2.45, 2.75) is 39.8 Å². The molecule has 0 bridgehead atoms. The summed E-state index contributed by atoms with van der Waals surface area (Å²) in [5.74, 6) is -1.98. The first kappa shape index (κ1) is 22.0. The lowest BCUT2D eigenvalue weighted by atomic mass is 9.84. The molecular formula is C23H26FN3O5. The fraction of sp³-hybridized carbons (Fsp3) is 0.435. The maximum atomic E-state index is 15.5. The summed E-state index contributed by atoms with van der Waals surface area (Å²) in [4.78, 5) is 24.1. The predicted molar refractivity (Wildman–Crippen MR) is 117 cm³/mol. The van der Waals surface area contributed by atoms with Crippen molar-refractivity contribution in [2.24, 2.45) is 5.41 Å². The third kappa shape index (κ3) is 3.56. The smallest absolute Gasteiger partial charge is 0.341 e. The van der Waals surface area contributed by atoms with Crippen molar-refractivity contribution in [3.63, 3.8) is 0 Å². The number of halogens is 1. The van der Waals surface area contributed by atoms with Crippen LogP contribution in [-0.2, 0) is 11.3 Å². The second-order valence-electron chi connectivity index (χ2n) is 9.01. The van der Waals surface area contributed by atoms with E-state index in [0.717, 1.165) is 0 Å². The molecule has 170 valence electrons. The number of nitrogens with zero attached hydrogens (tertiary/aromatic N) is 3. The second-order valence-corrected chi connectivity index (χ2v) is 9.01. The van der Waals surface area contributed by atoms with Crippen molar-refractivity contribution in [3.05, 3.63) is 46.0 Å². The van der Waals surface area contributed by atoms with E-state index in [1.54, 1.807) is 34.6 Å². The summed E-state index contributed by atoms with van der Waals surface area (Å²) in [5.41, 5.74) is -1.03. The fourth-order valence-electron chi connectivity index (χ4n) is 4.18. The molecule has 3 aromatic rings. The SMILES string of the molecule is COCCCOc1cccc2c3n(nc12)CC(C(C)(C)C)n1cc(C(=O)O)c(=O)c(F)c1-3. The zero-order chi connectivity index (χ0) is 23.2. The standard InChI is InChI=1S/C23H26FN3O5/c1-23(2,3)16-12-27-19(20-17(24)21(28)14(22(29)30)11-26(16)20)13-7-5-8-15(18(13)25-27)32-10-6-9-31-4/h5,7-8,11,16H,6,9-10,12H2,1-4H3,(H,29,30). The molecule has 0 aliphatic carbocycles. The van der Waals surface area contributed by atoms with E-state index in [-0.39, 0.29) is 17.2 Å². The Bertz CT molecular complexity index is 1260. The highest BCUT2D eigenvalue weighted by Gasteiger charge is 2.37. The largest absolute Gasteiger partial charge is 0.491 e. The number of benzene rings is 1. The number of hydrogen-bond acceptors (Lipinski definition) is 5. The van der Waals surface area contributed by atoms with E-state index >= 15 is 4.39 Å². The van der Waals surface area contributed by atoms with Crippen LogP contribution in [0.25, 0.3) is 22.3 Å². The molecule has 32 heavy (non-hydrogen) atoms. The van der Waals surface area contributed by atoms with Crippen LogP contribution in [0.1, 0.15) is 43.6 Å². The molecule has 0 radical (unpaired) electrons. The molecule has 3 heterocycles. The van der Waals surface area contributed by atoms with Gasteiger partial charge in [-0.3, -0.25) is 9.48 Å². The number of rotatable bonds is 6. The number of aromatic carboxylic acids is 1. The summed E-state index contributed by atoms with van der Waals surface area (Å²) in [6.45, 7) is 7.34. The molecule has 1 N–H and O–H groups in total. The Balaban J connectivity index is 1.95. The Kier molecular flexibility index (Phi) is 5.54. The average molecular weight is 443 g/mol. The van der Waals surface area contributed by atoms with E-state index in [1.165, 1.54) is 6.20 Å². The van der Waals surface area contributed by atoms with Gasteiger partial charge in [-0.1, -0.05) is 32.9 Å². The minimum absolute atomic E-state index is 0.0465. The van der Waals surface area contributed by atoms with Gasteiger partial charge in [0.05, 0.1) is 24.9 Å². The Labute approximate surface area is 184 Å². The van der Waals surface area contributed by atoms with Crippen molar-refractivity contribution >= 4 is 16.9 Å². The Morgan fingerprint density at radius 2 is 2.03 bits per heavy atom. The number of carboxylic acid groups (broad SMARTS) is 1. The van der Waals surface area contributed by atoms with Crippen molar-refractivity contribution in [2.75, 3.05) is 20.3 Å². The molecule has 0 saturated carbocycles. The van der Waals surface area contributed by atoms with E-state index in [0.29, 0.717) is 48.5 Å². The van der Waals surface area contributed by atoms with Crippen LogP contribution in [0.3, 0.4) is 0 Å². The first-order chi connectivity index (χ1) is 15.1. The van der Waals surface area contributed by atoms with Gasteiger partial charge in [0.2, 0.25) is 5.43 Å². The lowest BCUT2D eigenvalue weighted by molar-refractivity contribution is 0.0692. The highest BCUT2D eigenvalue weighted by atomic mass is 19.1. The number of methoxy groups -OCH3 is 1. The van der Waals surface area contributed by atoms with Crippen molar-refractivity contribution in [3.8, 4) is 17.1 Å². The maximum absolute atomic E-state index is 15.5. The summed E-state index contributed by atoms with van der Waals surface area (Å²) in [6.07, 6.45) is 1.96. The minimum atomic E-state index is -1.45. The molecule has 4 rings (SSSR count). The van der Waals surface area contributed by atoms with Crippen LogP contribution >= 0.6 is 0 Å². The normalized spacial score (nSPS) is 15.5. The van der Waals surface area contributed by atoms with Crippen LogP contribution in [0, 0.1) is 11.2 Å². The van der Waals surface area contributed by atoms with Gasteiger partial charge in [-0.15, -0.1) is 0 Å². The number of carboxylic acids is 1. The summed E-state index contributed by atoms with van der Waals surface area (Å²) in [6, 6.07) is 5.07. The summed E-state index contributed by atoms with van der Waals surface area (Å²) in [7, 11) is 1.62. The molecule has 2 aromatic heterocycles. The first-order valence-electron chi connectivity index (χ1n) is 10.4. The number of hydrogen-bond donors (Lipinski definition) is 1. The van der Waals surface area contributed by atoms with E-state index in [1.807, 2.05) is 20.8 Å². The van der Waals surface area contributed by atoms with Crippen LogP contribution in [0.5, 0.6) is 5.75 Å². The molecule has 0 amide bonds. The number of aromatic nitrogens is 3. The van der Waals surface area contributed by atoms with Gasteiger partial charge in [0, 0.05) is 31.7 Å². The van der Waals surface area contributed by atoms with Crippen molar-refractivity contribution < 1.29 is 23.8 Å². The summed E-state index contributed by atoms with van der Waals surface area (Å²) < 4.78 is 29.7. The van der Waals surface area contributed by atoms with Crippen molar-refractivity contribution in [1.82, 2.24) is 14.3 Å². The van der Waals surface area contributed by atoms with Gasteiger partial charge < -0.3 is 19.1 Å². The van der Waals surface area contributed by atoms with Crippen molar-refractivity contribution in [1.29, 1.82) is 0 Å². The average Bonchev–Trinajstić information content (AvgIpc) is 3.11. The Morgan fingerprint density at radius 1 is 1.28 bits per heavy atom. The molecule has 1 unspecified atom stereocenters. The number of ether oxygens (including phenoxy) is 2. The van der Waals surface area contributed by atoms with Gasteiger partial charge in [-0.05, 0) is 11.5 Å². The van der Waals surface area contributed by atoms with E-state index in [2.05, 4.69) is 0 Å². The van der Waals surface area contributed by atoms with Crippen LogP contribution in [-0.4, -0.2) is 45.7 Å². The topological polar surface area (TPSA) is 95.6 Å². The van der Waals surface area contributed by atoms with Gasteiger partial charge in [-0.2, -0.15) is 5.10 Å². The number of pyridine rings is 1. The molecule has 1 aromatic carbocycles. The fourth-order valence-corrected chi connectivity index (χ4v) is 4.18. The molecule has 1 aliphatic rings. The molecule has 9 heteroatoms. The molecule has 1 aliphatic heterocycles. The monoisotopic (exact) mass is 443 g/mol. The summed E-state index contributed by atoms with van der Waals surface area (Å²) in [5, 5.41) is 14.8. The quantitative estimate of drug-likeness (QED) is 0.584. The lowest BCUT2D eigenvalue weighted by Gasteiger charge is -2.38. The number of fused-ring (bicyclic) bond motifs is 5. The van der Waals surface area contributed by atoms with Gasteiger partial charge >= 0.3 is 5.97 Å². The van der Waals surface area contributed by atoms with Crippen LogP contribution in [0.2, 0.25) is 0 Å². The Hall–Kier alpha value is -3.20. The second kappa shape index (κ2) is 8.05. The predicted octanol–water partition coefficient (Wildman–Crippen LogP) is 3.72. The minimum Gasteiger partial charge on any atom is -0.491 e. The molecule has 1 atom stereocenters. The molecule has 0 spiro atoms. The lowest BCUT2D eigenvalue weighted by Crippen LogP contribution is -2.36. The Morgan fingerprint density at radius 3 is 2.69 bits per heavy atom. The van der Waals surface area contributed by atoms with Gasteiger partial charge in [0.25, 0.3) is 0 Å².